The highest BCUT2D eigenvalue weighted by Gasteiger charge is 2.30. The number of sulfonamides is 1. The molecule has 2 aromatic heterocycles. The zero-order chi connectivity index (χ0) is 28.4. The Kier molecular flexibility index (Phi) is 8.94. The van der Waals surface area contributed by atoms with E-state index >= 15 is 0 Å². The molecule has 0 atom stereocenters. The number of fused-ring (bicyclic) bond motifs is 1. The summed E-state index contributed by atoms with van der Waals surface area (Å²) in [6, 6.07) is 14.6. The second kappa shape index (κ2) is 11.9. The van der Waals surface area contributed by atoms with Gasteiger partial charge in [-0.05, 0) is 75.4 Å². The van der Waals surface area contributed by atoms with Crippen molar-refractivity contribution in [3.8, 4) is 5.82 Å². The number of carbonyl (C=O) groups is 1. The third kappa shape index (κ3) is 7.13. The van der Waals surface area contributed by atoms with Crippen molar-refractivity contribution in [1.29, 1.82) is 0 Å². The molecule has 0 saturated heterocycles. The first-order valence-electron chi connectivity index (χ1n) is 11.8. The van der Waals surface area contributed by atoms with Crippen molar-refractivity contribution < 1.29 is 17.9 Å². The van der Waals surface area contributed by atoms with Crippen molar-refractivity contribution in [2.24, 2.45) is 0 Å². The summed E-state index contributed by atoms with van der Waals surface area (Å²) in [7, 11) is -4.25. The number of halogens is 3. The third-order valence-corrected chi connectivity index (χ3v) is 8.10. The number of rotatable bonds is 9. The smallest absolute Gasteiger partial charge is 0.327 e. The van der Waals surface area contributed by atoms with Gasteiger partial charge in [0.25, 0.3) is 10.0 Å². The van der Waals surface area contributed by atoms with Gasteiger partial charge in [-0.15, -0.1) is 10.2 Å². The minimum Gasteiger partial charge on any atom is -0.459 e. The summed E-state index contributed by atoms with van der Waals surface area (Å²) in [5.41, 5.74) is 0.253. The van der Waals surface area contributed by atoms with E-state index in [1.54, 1.807) is 39.0 Å². The highest BCUT2D eigenvalue weighted by atomic mass is 127. The molecular formula is C26H26Cl2IN5O4S. The first kappa shape index (κ1) is 29.4. The Morgan fingerprint density at radius 2 is 1.77 bits per heavy atom. The molecule has 39 heavy (non-hydrogen) atoms. The lowest BCUT2D eigenvalue weighted by Gasteiger charge is -2.26. The largest absolute Gasteiger partial charge is 0.459 e. The van der Waals surface area contributed by atoms with E-state index in [0.717, 1.165) is 26.2 Å². The zero-order valence-electron chi connectivity index (χ0n) is 21.4. The summed E-state index contributed by atoms with van der Waals surface area (Å²) in [6.45, 7) is 5.37. The van der Waals surface area contributed by atoms with Gasteiger partial charge in [0, 0.05) is 32.6 Å². The molecule has 0 radical (unpaired) electrons. The van der Waals surface area contributed by atoms with Gasteiger partial charge >= 0.3 is 5.97 Å². The lowest BCUT2D eigenvalue weighted by atomic mass is 10.2. The number of hydrogen-bond acceptors (Lipinski definition) is 7. The van der Waals surface area contributed by atoms with Crippen LogP contribution in [0.5, 0.6) is 0 Å². The van der Waals surface area contributed by atoms with E-state index in [1.807, 2.05) is 29.0 Å². The van der Waals surface area contributed by atoms with Gasteiger partial charge in [-0.25, -0.2) is 8.42 Å². The number of nitrogens with zero attached hydrogens (tertiary/aromatic N) is 4. The maximum absolute atomic E-state index is 13.8. The van der Waals surface area contributed by atoms with Gasteiger partial charge in [-0.2, -0.15) is 0 Å². The number of ether oxygens (including phenoxy) is 1. The number of anilines is 2. The molecule has 0 aliphatic carbocycles. The predicted molar refractivity (Wildman–Crippen MR) is 163 cm³/mol. The molecule has 13 heteroatoms. The molecule has 4 aromatic rings. The minimum atomic E-state index is -4.25. The predicted octanol–water partition coefficient (Wildman–Crippen LogP) is 6.11. The summed E-state index contributed by atoms with van der Waals surface area (Å²) in [5.74, 6) is 0.575. The molecule has 206 valence electrons. The second-order valence-electron chi connectivity index (χ2n) is 9.52. The van der Waals surface area contributed by atoms with Crippen molar-refractivity contribution in [3.05, 3.63) is 70.8 Å². The van der Waals surface area contributed by atoms with Crippen LogP contribution in [-0.2, 0) is 19.6 Å². The molecule has 2 heterocycles. The number of esters is 1. The molecule has 0 unspecified atom stereocenters. The summed E-state index contributed by atoms with van der Waals surface area (Å²) in [4.78, 5) is 12.6. The summed E-state index contributed by atoms with van der Waals surface area (Å²) in [6.07, 6.45) is 1.82. The van der Waals surface area contributed by atoms with Gasteiger partial charge in [0.05, 0.1) is 16.1 Å². The SMILES string of the molecule is CC(C)(C)OC(=O)CN(c1ccc2c(ccn2-c2ccc(NCCI)nn2)c1)S(=O)(=O)c1cc(Cl)cc(Cl)c1. The summed E-state index contributed by atoms with van der Waals surface area (Å²) >= 11 is 14.5. The zero-order valence-corrected chi connectivity index (χ0v) is 25.8. The van der Waals surface area contributed by atoms with Gasteiger partial charge in [-0.3, -0.25) is 13.7 Å². The Morgan fingerprint density at radius 1 is 1.05 bits per heavy atom. The third-order valence-electron chi connectivity index (χ3n) is 5.38. The molecule has 0 amide bonds. The van der Waals surface area contributed by atoms with Crippen LogP contribution in [0.2, 0.25) is 10.0 Å². The van der Waals surface area contributed by atoms with Gasteiger partial charge < -0.3 is 10.1 Å². The van der Waals surface area contributed by atoms with Gasteiger partial charge in [0.15, 0.2) is 5.82 Å². The Morgan fingerprint density at radius 3 is 2.38 bits per heavy atom. The molecule has 2 aromatic carbocycles. The van der Waals surface area contributed by atoms with Crippen LogP contribution in [0.3, 0.4) is 0 Å². The fourth-order valence-electron chi connectivity index (χ4n) is 3.82. The van der Waals surface area contributed by atoms with Crippen molar-refractivity contribution in [3.63, 3.8) is 0 Å². The lowest BCUT2D eigenvalue weighted by molar-refractivity contribution is -0.152. The van der Waals surface area contributed by atoms with Gasteiger partial charge in [-0.1, -0.05) is 45.8 Å². The van der Waals surface area contributed by atoms with Crippen molar-refractivity contribution in [2.45, 2.75) is 31.3 Å². The van der Waals surface area contributed by atoms with E-state index < -0.39 is 28.1 Å². The Bertz CT molecular complexity index is 1580. The Hall–Kier alpha value is -2.61. The average Bonchev–Trinajstić information content (AvgIpc) is 3.28. The maximum atomic E-state index is 13.8. The average molecular weight is 702 g/mol. The van der Waals surface area contributed by atoms with Crippen molar-refractivity contribution in [2.75, 3.05) is 27.1 Å². The van der Waals surface area contributed by atoms with Crippen LogP contribution < -0.4 is 9.62 Å². The molecular weight excluding hydrogens is 676 g/mol. The molecule has 0 aliphatic heterocycles. The molecule has 9 nitrogen and oxygen atoms in total. The second-order valence-corrected chi connectivity index (χ2v) is 13.3. The van der Waals surface area contributed by atoms with E-state index in [9.17, 15) is 13.2 Å². The number of aromatic nitrogens is 3. The van der Waals surface area contributed by atoms with E-state index in [-0.39, 0.29) is 20.6 Å². The number of benzene rings is 2. The van der Waals surface area contributed by atoms with E-state index in [2.05, 4.69) is 38.1 Å². The Balaban J connectivity index is 1.74. The van der Waals surface area contributed by atoms with Gasteiger partial charge in [0.1, 0.15) is 18.0 Å². The standard InChI is InChI=1S/C26H26Cl2IN5O4S/c1-26(2,3)38-25(35)16-34(39(36,37)21-14-18(27)13-19(28)15-21)20-4-5-22-17(12-20)8-11-33(22)24-7-6-23(31-32-24)30-10-9-29/h4-8,11-15H,9-10,16H2,1-3H3,(H,30,31). The first-order chi connectivity index (χ1) is 18.4. The van der Waals surface area contributed by atoms with Crippen molar-refractivity contribution in [1.82, 2.24) is 14.8 Å². The number of alkyl halides is 1. The van der Waals surface area contributed by atoms with Crippen LogP contribution in [0.4, 0.5) is 11.5 Å². The molecule has 0 saturated carbocycles. The molecule has 0 aliphatic rings. The van der Waals surface area contributed by atoms with Crippen LogP contribution in [0.1, 0.15) is 20.8 Å². The molecule has 0 fully saturated rings. The monoisotopic (exact) mass is 701 g/mol. The van der Waals surface area contributed by atoms with Crippen molar-refractivity contribution >= 4 is 84.2 Å². The van der Waals surface area contributed by atoms with E-state index in [4.69, 9.17) is 27.9 Å². The fraction of sp³-hybridized carbons (Fsp3) is 0.269. The fourth-order valence-corrected chi connectivity index (χ4v) is 6.22. The lowest BCUT2D eigenvalue weighted by Crippen LogP contribution is -2.39. The first-order valence-corrected chi connectivity index (χ1v) is 15.6. The summed E-state index contributed by atoms with van der Waals surface area (Å²) < 4.78 is 36.8. The van der Waals surface area contributed by atoms with E-state index in [0.29, 0.717) is 11.6 Å². The minimum absolute atomic E-state index is 0.146. The van der Waals surface area contributed by atoms with Crippen LogP contribution in [0, 0.1) is 0 Å². The normalized spacial score (nSPS) is 11.9. The number of hydrogen-bond donors (Lipinski definition) is 1. The van der Waals surface area contributed by atoms with Gasteiger partial charge in [0.2, 0.25) is 0 Å². The molecule has 1 N–H and O–H groups in total. The van der Waals surface area contributed by atoms with Crippen LogP contribution in [-0.4, -0.2) is 52.3 Å². The van der Waals surface area contributed by atoms with Crippen LogP contribution in [0.25, 0.3) is 16.7 Å². The Labute approximate surface area is 250 Å². The maximum Gasteiger partial charge on any atom is 0.327 e. The molecule has 4 rings (SSSR count). The summed E-state index contributed by atoms with van der Waals surface area (Å²) in [5, 5.41) is 12.7. The highest BCUT2D eigenvalue weighted by Crippen LogP contribution is 2.31. The molecule has 0 spiro atoms. The number of carbonyl (C=O) groups excluding carboxylic acids is 1. The van der Waals surface area contributed by atoms with Crippen LogP contribution >= 0.6 is 45.8 Å². The topological polar surface area (TPSA) is 106 Å². The van der Waals surface area contributed by atoms with Crippen LogP contribution in [0.15, 0.2) is 65.7 Å². The number of nitrogens with one attached hydrogen (secondary N) is 1. The quantitative estimate of drug-likeness (QED) is 0.128. The highest BCUT2D eigenvalue weighted by molar-refractivity contribution is 14.1. The van der Waals surface area contributed by atoms with E-state index in [1.165, 1.54) is 18.2 Å². The molecule has 0 bridgehead atoms.